The highest BCUT2D eigenvalue weighted by molar-refractivity contribution is 5.91. The second-order valence-corrected chi connectivity index (χ2v) is 6.48. The summed E-state index contributed by atoms with van der Waals surface area (Å²) in [6.07, 6.45) is 4.31. The number of fused-ring (bicyclic) bond motifs is 2. The number of anilines is 1. The summed E-state index contributed by atoms with van der Waals surface area (Å²) < 4.78 is 11.4. The van der Waals surface area contributed by atoms with Crippen LogP contribution in [0, 0.1) is 0 Å². The average molecular weight is 342 g/mol. The van der Waals surface area contributed by atoms with Crippen molar-refractivity contribution < 1.29 is 14.3 Å². The highest BCUT2D eigenvalue weighted by atomic mass is 16.5. The van der Waals surface area contributed by atoms with E-state index in [1.807, 2.05) is 35.4 Å². The smallest absolute Gasteiger partial charge is 0.321 e. The third kappa shape index (κ3) is 2.84. The molecule has 7 heteroatoms. The molecule has 2 N–H and O–H groups in total. The molecule has 7 nitrogen and oxygen atoms in total. The van der Waals surface area contributed by atoms with E-state index in [9.17, 15) is 4.79 Å². The lowest BCUT2D eigenvalue weighted by molar-refractivity contribution is -0.0948. The van der Waals surface area contributed by atoms with Crippen LogP contribution in [0.15, 0.2) is 30.5 Å². The number of nitrogens with one attached hydrogen (secondary N) is 2. The Morgan fingerprint density at radius 3 is 2.96 bits per heavy atom. The number of likely N-dealkylation sites (tertiary alicyclic amines) is 1. The molecule has 2 aromatic rings. The molecule has 25 heavy (non-hydrogen) atoms. The molecule has 0 saturated carbocycles. The van der Waals surface area contributed by atoms with Crippen molar-refractivity contribution in [2.75, 3.05) is 32.1 Å². The highest BCUT2D eigenvalue weighted by Crippen LogP contribution is 2.40. The average Bonchev–Trinajstić information content (AvgIpc) is 3.13. The Balaban J connectivity index is 1.43. The molecule has 0 radical (unpaired) electrons. The van der Waals surface area contributed by atoms with Gasteiger partial charge in [0.25, 0.3) is 0 Å². The third-order valence-electron chi connectivity index (χ3n) is 5.13. The van der Waals surface area contributed by atoms with E-state index < -0.39 is 0 Å². The van der Waals surface area contributed by atoms with Gasteiger partial charge >= 0.3 is 6.03 Å². The van der Waals surface area contributed by atoms with Crippen LogP contribution < -0.4 is 10.1 Å². The first-order chi connectivity index (χ1) is 12.2. The van der Waals surface area contributed by atoms with E-state index in [1.165, 1.54) is 5.56 Å². The van der Waals surface area contributed by atoms with Crippen LogP contribution in [0.5, 0.6) is 5.75 Å². The normalized spacial score (nSPS) is 18.7. The summed E-state index contributed by atoms with van der Waals surface area (Å²) in [6.45, 7) is 1.98. The standard InChI is InChI=1S/C18H22N4O3/c1-24-15-5-3-2-4-14(15)20-17(23)22-9-7-18(8-10-22)16-13(6-11-25-18)12-19-21-16/h2-5,12H,6-11H2,1H3,(H,19,21)(H,20,23). The van der Waals surface area contributed by atoms with Gasteiger partial charge in [-0.25, -0.2) is 4.79 Å². The number of piperidine rings is 1. The Morgan fingerprint density at radius 2 is 2.16 bits per heavy atom. The lowest BCUT2D eigenvalue weighted by atomic mass is 9.84. The van der Waals surface area contributed by atoms with Crippen LogP contribution in [0.25, 0.3) is 0 Å². The molecule has 2 aliphatic rings. The van der Waals surface area contributed by atoms with Gasteiger partial charge in [-0.15, -0.1) is 0 Å². The van der Waals surface area contributed by atoms with Crippen LogP contribution in [0.2, 0.25) is 0 Å². The van der Waals surface area contributed by atoms with Gasteiger partial charge in [0.1, 0.15) is 11.4 Å². The zero-order valence-corrected chi connectivity index (χ0v) is 14.2. The molecule has 0 unspecified atom stereocenters. The quantitative estimate of drug-likeness (QED) is 0.879. The van der Waals surface area contributed by atoms with Gasteiger partial charge in [-0.3, -0.25) is 5.10 Å². The lowest BCUT2D eigenvalue weighted by Gasteiger charge is -2.43. The topological polar surface area (TPSA) is 79.5 Å². The van der Waals surface area contributed by atoms with Crippen molar-refractivity contribution in [3.63, 3.8) is 0 Å². The number of ether oxygens (including phenoxy) is 2. The molecule has 1 saturated heterocycles. The molecule has 1 aromatic carbocycles. The molecule has 2 amide bonds. The van der Waals surface area contributed by atoms with E-state index in [2.05, 4.69) is 15.5 Å². The van der Waals surface area contributed by atoms with Crippen LogP contribution in [0.4, 0.5) is 10.5 Å². The summed E-state index contributed by atoms with van der Waals surface area (Å²) in [7, 11) is 1.60. The molecule has 1 fully saturated rings. The lowest BCUT2D eigenvalue weighted by Crippen LogP contribution is -2.49. The summed E-state index contributed by atoms with van der Waals surface area (Å²) >= 11 is 0. The molecular formula is C18H22N4O3. The number of hydrogen-bond acceptors (Lipinski definition) is 4. The van der Waals surface area contributed by atoms with E-state index in [4.69, 9.17) is 9.47 Å². The number of amides is 2. The zero-order chi connectivity index (χ0) is 17.3. The van der Waals surface area contributed by atoms with Crippen molar-refractivity contribution >= 4 is 11.7 Å². The maximum atomic E-state index is 12.6. The number of methoxy groups -OCH3 is 1. The van der Waals surface area contributed by atoms with Crippen molar-refractivity contribution in [2.24, 2.45) is 0 Å². The second-order valence-electron chi connectivity index (χ2n) is 6.48. The Morgan fingerprint density at radius 1 is 1.36 bits per heavy atom. The third-order valence-corrected chi connectivity index (χ3v) is 5.13. The van der Waals surface area contributed by atoms with Gasteiger partial charge in [-0.2, -0.15) is 5.10 Å². The Labute approximate surface area is 146 Å². The Hall–Kier alpha value is -2.54. The summed E-state index contributed by atoms with van der Waals surface area (Å²) in [5.74, 6) is 0.655. The molecule has 3 heterocycles. The van der Waals surface area contributed by atoms with Crippen LogP contribution in [-0.2, 0) is 16.8 Å². The summed E-state index contributed by atoms with van der Waals surface area (Å²) in [5, 5.41) is 10.2. The molecule has 0 bridgehead atoms. The largest absolute Gasteiger partial charge is 0.495 e. The maximum Gasteiger partial charge on any atom is 0.321 e. The van der Waals surface area contributed by atoms with E-state index in [0.717, 1.165) is 25.0 Å². The predicted molar refractivity (Wildman–Crippen MR) is 92.7 cm³/mol. The fraction of sp³-hybridized carbons (Fsp3) is 0.444. The number of para-hydroxylation sites is 2. The van der Waals surface area contributed by atoms with Gasteiger partial charge in [-0.05, 0) is 37.0 Å². The molecule has 1 aromatic heterocycles. The second kappa shape index (κ2) is 6.40. The van der Waals surface area contributed by atoms with Gasteiger partial charge in [0, 0.05) is 13.1 Å². The van der Waals surface area contributed by atoms with E-state index in [0.29, 0.717) is 31.1 Å². The summed E-state index contributed by atoms with van der Waals surface area (Å²) in [5.41, 5.74) is 2.67. The minimum Gasteiger partial charge on any atom is -0.495 e. The number of carbonyl (C=O) groups excluding carboxylic acids is 1. The van der Waals surface area contributed by atoms with Crippen molar-refractivity contribution in [3.8, 4) is 5.75 Å². The number of H-pyrrole nitrogens is 1. The fourth-order valence-corrected chi connectivity index (χ4v) is 3.73. The van der Waals surface area contributed by atoms with Crippen LogP contribution >= 0.6 is 0 Å². The molecule has 2 aliphatic heterocycles. The maximum absolute atomic E-state index is 12.6. The van der Waals surface area contributed by atoms with E-state index >= 15 is 0 Å². The number of benzene rings is 1. The Kier molecular flexibility index (Phi) is 4.09. The Bertz CT molecular complexity index is 765. The molecule has 1 spiro atoms. The summed E-state index contributed by atoms with van der Waals surface area (Å²) in [6, 6.07) is 7.31. The summed E-state index contributed by atoms with van der Waals surface area (Å²) in [4.78, 5) is 14.4. The number of carbonyl (C=O) groups is 1. The molecular weight excluding hydrogens is 320 g/mol. The van der Waals surface area contributed by atoms with Gasteiger partial charge in [0.2, 0.25) is 0 Å². The number of nitrogens with zero attached hydrogens (tertiary/aromatic N) is 2. The van der Waals surface area contributed by atoms with Crippen LogP contribution in [-0.4, -0.2) is 47.9 Å². The zero-order valence-electron chi connectivity index (χ0n) is 14.2. The minimum absolute atomic E-state index is 0.111. The van der Waals surface area contributed by atoms with Crippen molar-refractivity contribution in [2.45, 2.75) is 24.9 Å². The molecule has 4 rings (SSSR count). The van der Waals surface area contributed by atoms with Gasteiger partial charge < -0.3 is 19.7 Å². The van der Waals surface area contributed by atoms with Crippen molar-refractivity contribution in [1.29, 1.82) is 0 Å². The molecule has 0 aliphatic carbocycles. The highest BCUT2D eigenvalue weighted by Gasteiger charge is 2.43. The van der Waals surface area contributed by atoms with Crippen LogP contribution in [0.3, 0.4) is 0 Å². The number of aromatic nitrogens is 2. The minimum atomic E-state index is -0.328. The number of hydrogen-bond donors (Lipinski definition) is 2. The van der Waals surface area contributed by atoms with Crippen molar-refractivity contribution in [1.82, 2.24) is 15.1 Å². The SMILES string of the molecule is COc1ccccc1NC(=O)N1CCC2(CC1)OCCc1cn[nH]c12. The van der Waals surface area contributed by atoms with Gasteiger partial charge in [0.05, 0.1) is 31.3 Å². The number of rotatable bonds is 2. The van der Waals surface area contributed by atoms with Gasteiger partial charge in [0.15, 0.2) is 0 Å². The van der Waals surface area contributed by atoms with E-state index in [-0.39, 0.29) is 11.6 Å². The molecule has 132 valence electrons. The monoisotopic (exact) mass is 342 g/mol. The molecule has 0 atom stereocenters. The van der Waals surface area contributed by atoms with E-state index in [1.54, 1.807) is 7.11 Å². The first-order valence-corrected chi connectivity index (χ1v) is 8.57. The fourth-order valence-electron chi connectivity index (χ4n) is 3.73. The van der Waals surface area contributed by atoms with Crippen molar-refractivity contribution in [3.05, 3.63) is 41.7 Å². The van der Waals surface area contributed by atoms with Gasteiger partial charge in [-0.1, -0.05) is 12.1 Å². The number of urea groups is 1. The number of aromatic amines is 1. The first kappa shape index (κ1) is 16.0. The predicted octanol–water partition coefficient (Wildman–Crippen LogP) is 2.51. The van der Waals surface area contributed by atoms with Crippen LogP contribution in [0.1, 0.15) is 24.1 Å². The first-order valence-electron chi connectivity index (χ1n) is 8.57.